The summed E-state index contributed by atoms with van der Waals surface area (Å²) in [7, 11) is 0. The lowest BCUT2D eigenvalue weighted by Gasteiger charge is -2.20. The minimum Gasteiger partial charge on any atom is -0.332 e. The van der Waals surface area contributed by atoms with Crippen LogP contribution in [0.1, 0.15) is 25.6 Å². The largest absolute Gasteiger partial charge is 0.332 e. The van der Waals surface area contributed by atoms with Gasteiger partial charge in [-0.1, -0.05) is 5.16 Å². The molecule has 4 rings (SSSR count). The number of rotatable bonds is 5. The summed E-state index contributed by atoms with van der Waals surface area (Å²) in [6, 6.07) is 3.49. The van der Waals surface area contributed by atoms with Gasteiger partial charge in [0.25, 0.3) is 11.8 Å². The molecular formula is C15H14F2N6O. The number of alkyl halides is 2. The van der Waals surface area contributed by atoms with Crippen LogP contribution in [0.3, 0.4) is 0 Å². The molecule has 3 aromatic heterocycles. The molecule has 0 unspecified atom stereocenters. The summed E-state index contributed by atoms with van der Waals surface area (Å²) in [5.41, 5.74) is 0.183. The van der Waals surface area contributed by atoms with Gasteiger partial charge in [-0.15, -0.1) is 0 Å². The Morgan fingerprint density at radius 2 is 2.17 bits per heavy atom. The quantitative estimate of drug-likeness (QED) is 0.714. The summed E-state index contributed by atoms with van der Waals surface area (Å²) >= 11 is 0. The predicted molar refractivity (Wildman–Crippen MR) is 78.4 cm³/mol. The van der Waals surface area contributed by atoms with Crippen LogP contribution in [0.4, 0.5) is 8.78 Å². The minimum atomic E-state index is -2.74. The van der Waals surface area contributed by atoms with Gasteiger partial charge in [0.1, 0.15) is 18.3 Å². The average Bonchev–Trinajstić information content (AvgIpc) is 2.99. The lowest BCUT2D eigenvalue weighted by Crippen LogP contribution is -2.28. The van der Waals surface area contributed by atoms with Crippen LogP contribution >= 0.6 is 0 Å². The maximum absolute atomic E-state index is 13.6. The van der Waals surface area contributed by atoms with Crippen LogP contribution in [-0.2, 0) is 6.42 Å². The molecule has 0 atom stereocenters. The fourth-order valence-corrected chi connectivity index (χ4v) is 2.64. The zero-order chi connectivity index (χ0) is 16.8. The Hall–Kier alpha value is -2.71. The Kier molecular flexibility index (Phi) is 3.19. The van der Waals surface area contributed by atoms with E-state index in [0.717, 1.165) is 12.6 Å². The van der Waals surface area contributed by atoms with E-state index < -0.39 is 11.3 Å². The number of pyridine rings is 1. The second-order valence-corrected chi connectivity index (χ2v) is 6.10. The number of hydrogen-bond acceptors (Lipinski definition) is 6. The number of hydrogen-bond donors (Lipinski definition) is 0. The van der Waals surface area contributed by atoms with Crippen molar-refractivity contribution in [2.24, 2.45) is 5.41 Å². The average molecular weight is 332 g/mol. The van der Waals surface area contributed by atoms with E-state index in [1.54, 1.807) is 29.3 Å². The van der Waals surface area contributed by atoms with Crippen LogP contribution < -0.4 is 0 Å². The van der Waals surface area contributed by atoms with Crippen LogP contribution in [0.2, 0.25) is 0 Å². The highest BCUT2D eigenvalue weighted by Crippen LogP contribution is 2.58. The van der Waals surface area contributed by atoms with Gasteiger partial charge in [0.2, 0.25) is 0 Å². The molecule has 1 saturated carbocycles. The van der Waals surface area contributed by atoms with Crippen LogP contribution in [0, 0.1) is 5.41 Å². The zero-order valence-corrected chi connectivity index (χ0v) is 12.9. The summed E-state index contributed by atoms with van der Waals surface area (Å²) in [5, 5.41) is 7.82. The monoisotopic (exact) mass is 332 g/mol. The van der Waals surface area contributed by atoms with E-state index in [9.17, 15) is 8.78 Å². The first kappa shape index (κ1) is 14.9. The van der Waals surface area contributed by atoms with Gasteiger partial charge < -0.3 is 4.52 Å². The first-order valence-corrected chi connectivity index (χ1v) is 7.49. The van der Waals surface area contributed by atoms with Crippen molar-refractivity contribution >= 4 is 0 Å². The molecular weight excluding hydrogens is 318 g/mol. The van der Waals surface area contributed by atoms with Crippen molar-refractivity contribution in [2.45, 2.75) is 32.1 Å². The summed E-state index contributed by atoms with van der Waals surface area (Å²) < 4.78 is 34.0. The van der Waals surface area contributed by atoms with E-state index in [1.165, 1.54) is 6.33 Å². The normalized spacial score (nSPS) is 16.3. The Morgan fingerprint density at radius 3 is 2.75 bits per heavy atom. The lowest BCUT2D eigenvalue weighted by atomic mass is 9.95. The SMILES string of the molecule is CC(F)(F)C1(Cc2noc(-c3ccc(-n4cncn4)cn3)n2)CC1. The topological polar surface area (TPSA) is 82.5 Å². The van der Waals surface area contributed by atoms with Crippen molar-refractivity contribution in [1.29, 1.82) is 0 Å². The fourth-order valence-electron chi connectivity index (χ4n) is 2.64. The smallest absolute Gasteiger partial charge is 0.276 e. The van der Waals surface area contributed by atoms with E-state index in [0.29, 0.717) is 18.5 Å². The van der Waals surface area contributed by atoms with Gasteiger partial charge in [0.05, 0.1) is 11.9 Å². The first-order valence-electron chi connectivity index (χ1n) is 7.49. The molecule has 9 heteroatoms. The molecule has 3 heterocycles. The standard InChI is InChI=1S/C15H14F2N6O/c1-14(16,17)15(4-5-15)6-12-21-13(24-22-12)11-3-2-10(7-19-11)23-9-18-8-20-23/h2-3,7-9H,4-6H2,1H3. The van der Waals surface area contributed by atoms with Crippen LogP contribution in [0.5, 0.6) is 0 Å². The van der Waals surface area contributed by atoms with Crippen molar-refractivity contribution in [3.63, 3.8) is 0 Å². The molecule has 0 aromatic carbocycles. The van der Waals surface area contributed by atoms with E-state index in [-0.39, 0.29) is 18.1 Å². The van der Waals surface area contributed by atoms with E-state index in [4.69, 9.17) is 4.52 Å². The molecule has 0 radical (unpaired) electrons. The van der Waals surface area contributed by atoms with E-state index in [1.807, 2.05) is 0 Å². The van der Waals surface area contributed by atoms with Gasteiger partial charge >= 0.3 is 0 Å². The Morgan fingerprint density at radius 1 is 1.33 bits per heavy atom. The highest BCUT2D eigenvalue weighted by molar-refractivity contribution is 5.48. The third kappa shape index (κ3) is 2.55. The lowest BCUT2D eigenvalue weighted by molar-refractivity contribution is -0.0551. The Balaban J connectivity index is 1.53. The van der Waals surface area contributed by atoms with Gasteiger partial charge in [-0.3, -0.25) is 0 Å². The molecule has 124 valence electrons. The third-order valence-electron chi connectivity index (χ3n) is 4.40. The van der Waals surface area contributed by atoms with Gasteiger partial charge in [-0.05, 0) is 31.9 Å². The second kappa shape index (κ2) is 5.15. The maximum Gasteiger partial charge on any atom is 0.276 e. The zero-order valence-electron chi connectivity index (χ0n) is 12.9. The minimum absolute atomic E-state index is 0.108. The molecule has 0 bridgehead atoms. The molecule has 1 aliphatic carbocycles. The molecule has 7 nitrogen and oxygen atoms in total. The van der Waals surface area contributed by atoms with Crippen molar-refractivity contribution in [1.82, 2.24) is 29.9 Å². The molecule has 24 heavy (non-hydrogen) atoms. The maximum atomic E-state index is 13.6. The van der Waals surface area contributed by atoms with Gasteiger partial charge in [-0.2, -0.15) is 10.1 Å². The second-order valence-electron chi connectivity index (χ2n) is 6.10. The fraction of sp³-hybridized carbons (Fsp3) is 0.400. The van der Waals surface area contributed by atoms with Gasteiger partial charge in [0, 0.05) is 11.8 Å². The van der Waals surface area contributed by atoms with Gasteiger partial charge in [-0.25, -0.2) is 23.4 Å². The number of halogens is 2. The molecule has 1 fully saturated rings. The van der Waals surface area contributed by atoms with Gasteiger partial charge in [0.15, 0.2) is 5.82 Å². The number of aromatic nitrogens is 6. The molecule has 0 spiro atoms. The van der Waals surface area contributed by atoms with Crippen molar-refractivity contribution in [3.8, 4) is 17.3 Å². The number of nitrogens with zero attached hydrogens (tertiary/aromatic N) is 6. The summed E-state index contributed by atoms with van der Waals surface area (Å²) in [6.45, 7) is 0.950. The predicted octanol–water partition coefficient (Wildman–Crippen LogP) is 2.69. The Bertz CT molecular complexity index is 834. The van der Waals surface area contributed by atoms with Crippen LogP contribution in [-0.4, -0.2) is 35.8 Å². The summed E-state index contributed by atoms with van der Waals surface area (Å²) in [5.74, 6) is -2.25. The first-order chi connectivity index (χ1) is 11.5. The molecule has 0 aliphatic heterocycles. The van der Waals surface area contributed by atoms with Crippen LogP contribution in [0.25, 0.3) is 17.3 Å². The Labute approximate surface area is 135 Å². The highest BCUT2D eigenvalue weighted by Gasteiger charge is 2.59. The molecule has 0 N–H and O–H groups in total. The molecule has 0 amide bonds. The summed E-state index contributed by atoms with van der Waals surface area (Å²) in [6.07, 6.45) is 5.64. The van der Waals surface area contributed by atoms with Crippen molar-refractivity contribution < 1.29 is 13.3 Å². The van der Waals surface area contributed by atoms with E-state index >= 15 is 0 Å². The molecule has 3 aromatic rings. The van der Waals surface area contributed by atoms with E-state index in [2.05, 4.69) is 25.2 Å². The van der Waals surface area contributed by atoms with Crippen molar-refractivity contribution in [3.05, 3.63) is 36.8 Å². The molecule has 0 saturated heterocycles. The molecule has 1 aliphatic rings. The third-order valence-corrected chi connectivity index (χ3v) is 4.40. The summed E-state index contributed by atoms with van der Waals surface area (Å²) in [4.78, 5) is 12.3. The highest BCUT2D eigenvalue weighted by atomic mass is 19.3. The van der Waals surface area contributed by atoms with Crippen molar-refractivity contribution in [2.75, 3.05) is 0 Å². The van der Waals surface area contributed by atoms with Crippen LogP contribution in [0.15, 0.2) is 35.5 Å².